The van der Waals surface area contributed by atoms with Gasteiger partial charge in [0.2, 0.25) is 5.91 Å². The van der Waals surface area contributed by atoms with Crippen molar-refractivity contribution < 1.29 is 14.7 Å². The van der Waals surface area contributed by atoms with E-state index in [2.05, 4.69) is 10.6 Å². The number of carbonyl (C=O) groups excluding carboxylic acids is 1. The summed E-state index contributed by atoms with van der Waals surface area (Å²) in [5.74, 6) is -0.946. The van der Waals surface area contributed by atoms with E-state index < -0.39 is 17.4 Å². The molecule has 1 rings (SSSR count). The van der Waals surface area contributed by atoms with E-state index in [9.17, 15) is 9.59 Å². The summed E-state index contributed by atoms with van der Waals surface area (Å²) in [5.41, 5.74) is -0.497. The van der Waals surface area contributed by atoms with Gasteiger partial charge in [0.15, 0.2) is 0 Å². The summed E-state index contributed by atoms with van der Waals surface area (Å²) in [6.45, 7) is 8.22. The first-order valence-corrected chi connectivity index (χ1v) is 6.00. The van der Waals surface area contributed by atoms with Crippen molar-refractivity contribution in [1.29, 1.82) is 0 Å². The van der Waals surface area contributed by atoms with Crippen LogP contribution in [0.15, 0.2) is 0 Å². The van der Waals surface area contributed by atoms with Gasteiger partial charge in [-0.1, -0.05) is 27.7 Å². The predicted molar refractivity (Wildman–Crippen MR) is 64.6 cm³/mol. The summed E-state index contributed by atoms with van der Waals surface area (Å²) in [5, 5.41) is 14.9. The zero-order valence-corrected chi connectivity index (χ0v) is 10.9. The Bertz CT molecular complexity index is 309. The number of aliphatic carboxylic acids is 1. The normalized spacial score (nSPS) is 26.6. The fraction of sp³-hybridized carbons (Fsp3) is 0.833. The molecular formula is C12H22N2O3. The van der Waals surface area contributed by atoms with Gasteiger partial charge in [0.05, 0.1) is 6.04 Å². The van der Waals surface area contributed by atoms with Gasteiger partial charge in [0, 0.05) is 0 Å². The topological polar surface area (TPSA) is 78.4 Å². The van der Waals surface area contributed by atoms with Crippen molar-refractivity contribution in [2.24, 2.45) is 11.3 Å². The zero-order valence-electron chi connectivity index (χ0n) is 10.9. The lowest BCUT2D eigenvalue weighted by Gasteiger charge is -2.29. The molecule has 0 saturated carbocycles. The van der Waals surface area contributed by atoms with E-state index in [1.807, 2.05) is 6.92 Å². The second kappa shape index (κ2) is 5.04. The molecule has 3 N–H and O–H groups in total. The summed E-state index contributed by atoms with van der Waals surface area (Å²) >= 11 is 0. The van der Waals surface area contributed by atoms with E-state index in [4.69, 9.17) is 5.11 Å². The highest BCUT2D eigenvalue weighted by Gasteiger charge is 2.36. The van der Waals surface area contributed by atoms with Gasteiger partial charge in [-0.25, -0.2) is 4.79 Å². The number of carboxylic acid groups (broad SMARTS) is 1. The predicted octanol–water partition coefficient (Wildman–Crippen LogP) is 0.600. The van der Waals surface area contributed by atoms with E-state index in [0.717, 1.165) is 13.0 Å². The monoisotopic (exact) mass is 242 g/mol. The van der Waals surface area contributed by atoms with Gasteiger partial charge >= 0.3 is 5.97 Å². The number of hydrogen-bond acceptors (Lipinski definition) is 3. The summed E-state index contributed by atoms with van der Waals surface area (Å²) in [6, 6.07) is -1.12. The minimum absolute atomic E-state index is 0.211. The molecule has 5 heteroatoms. The van der Waals surface area contributed by atoms with E-state index in [-0.39, 0.29) is 17.9 Å². The second-order valence-corrected chi connectivity index (χ2v) is 5.84. The maximum absolute atomic E-state index is 12.0. The van der Waals surface area contributed by atoms with Crippen molar-refractivity contribution in [3.63, 3.8) is 0 Å². The molecule has 3 unspecified atom stereocenters. The van der Waals surface area contributed by atoms with Gasteiger partial charge in [-0.3, -0.25) is 4.79 Å². The third-order valence-electron chi connectivity index (χ3n) is 3.22. The molecule has 1 aliphatic rings. The molecule has 1 aliphatic heterocycles. The van der Waals surface area contributed by atoms with Crippen molar-refractivity contribution in [3.8, 4) is 0 Å². The highest BCUT2D eigenvalue weighted by molar-refractivity contribution is 5.87. The quantitative estimate of drug-likeness (QED) is 0.677. The molecule has 0 aromatic carbocycles. The molecule has 3 atom stereocenters. The van der Waals surface area contributed by atoms with Crippen LogP contribution in [0.2, 0.25) is 0 Å². The van der Waals surface area contributed by atoms with Crippen LogP contribution in [0.25, 0.3) is 0 Å². The molecule has 5 nitrogen and oxygen atoms in total. The van der Waals surface area contributed by atoms with Crippen LogP contribution < -0.4 is 10.6 Å². The minimum atomic E-state index is -0.989. The molecule has 0 aliphatic carbocycles. The van der Waals surface area contributed by atoms with Crippen LogP contribution >= 0.6 is 0 Å². The molecule has 0 aromatic rings. The molecule has 98 valence electrons. The fourth-order valence-corrected chi connectivity index (χ4v) is 2.07. The van der Waals surface area contributed by atoms with Crippen LogP contribution in [0, 0.1) is 11.3 Å². The third kappa shape index (κ3) is 3.43. The number of rotatable bonds is 3. The van der Waals surface area contributed by atoms with Crippen LogP contribution in [0.3, 0.4) is 0 Å². The van der Waals surface area contributed by atoms with Gasteiger partial charge in [0.1, 0.15) is 6.04 Å². The van der Waals surface area contributed by atoms with Crippen molar-refractivity contribution in [3.05, 3.63) is 0 Å². The van der Waals surface area contributed by atoms with Gasteiger partial charge in [-0.05, 0) is 24.3 Å². The largest absolute Gasteiger partial charge is 0.480 e. The smallest absolute Gasteiger partial charge is 0.326 e. The molecule has 0 bridgehead atoms. The van der Waals surface area contributed by atoms with Crippen LogP contribution in [-0.4, -0.2) is 35.6 Å². The van der Waals surface area contributed by atoms with Crippen molar-refractivity contribution >= 4 is 11.9 Å². The van der Waals surface area contributed by atoms with Crippen molar-refractivity contribution in [2.75, 3.05) is 6.54 Å². The van der Waals surface area contributed by atoms with E-state index in [1.54, 1.807) is 20.8 Å². The molecule has 0 spiro atoms. The number of amides is 1. The van der Waals surface area contributed by atoms with Crippen LogP contribution in [0.4, 0.5) is 0 Å². The average molecular weight is 242 g/mol. The zero-order chi connectivity index (χ0) is 13.2. The van der Waals surface area contributed by atoms with E-state index >= 15 is 0 Å². The average Bonchev–Trinajstić information content (AvgIpc) is 2.58. The molecular weight excluding hydrogens is 220 g/mol. The van der Waals surface area contributed by atoms with Gasteiger partial charge in [-0.15, -0.1) is 0 Å². The second-order valence-electron chi connectivity index (χ2n) is 5.84. The summed E-state index contributed by atoms with van der Waals surface area (Å²) in [7, 11) is 0. The van der Waals surface area contributed by atoms with Crippen LogP contribution in [-0.2, 0) is 9.59 Å². The fourth-order valence-electron chi connectivity index (χ4n) is 2.07. The molecule has 1 heterocycles. The summed E-state index contributed by atoms with van der Waals surface area (Å²) in [6.07, 6.45) is 0.950. The first-order valence-electron chi connectivity index (χ1n) is 6.00. The minimum Gasteiger partial charge on any atom is -0.480 e. The molecule has 1 saturated heterocycles. The van der Waals surface area contributed by atoms with Crippen molar-refractivity contribution in [2.45, 2.75) is 46.2 Å². The van der Waals surface area contributed by atoms with Crippen LogP contribution in [0.1, 0.15) is 34.1 Å². The number of carboxylic acids is 1. The Morgan fingerprint density at radius 2 is 2.00 bits per heavy atom. The van der Waals surface area contributed by atoms with Crippen LogP contribution in [0.5, 0.6) is 0 Å². The Morgan fingerprint density at radius 1 is 1.41 bits per heavy atom. The summed E-state index contributed by atoms with van der Waals surface area (Å²) < 4.78 is 0. The van der Waals surface area contributed by atoms with E-state index in [0.29, 0.717) is 0 Å². The molecule has 0 aromatic heterocycles. The third-order valence-corrected chi connectivity index (χ3v) is 3.22. The van der Waals surface area contributed by atoms with Gasteiger partial charge in [-0.2, -0.15) is 0 Å². The van der Waals surface area contributed by atoms with Gasteiger partial charge < -0.3 is 15.7 Å². The summed E-state index contributed by atoms with van der Waals surface area (Å²) in [4.78, 5) is 23.1. The first-order chi connectivity index (χ1) is 7.73. The highest BCUT2D eigenvalue weighted by Crippen LogP contribution is 2.21. The SMILES string of the molecule is CC1CCNC1C(=O)NC(C(=O)O)C(C)(C)C. The molecule has 1 amide bonds. The Hall–Kier alpha value is -1.10. The molecule has 0 radical (unpaired) electrons. The van der Waals surface area contributed by atoms with E-state index in [1.165, 1.54) is 0 Å². The lowest BCUT2D eigenvalue weighted by atomic mass is 9.86. The molecule has 1 fully saturated rings. The lowest BCUT2D eigenvalue weighted by Crippen LogP contribution is -2.54. The maximum atomic E-state index is 12.0. The Morgan fingerprint density at radius 3 is 2.35 bits per heavy atom. The van der Waals surface area contributed by atoms with Crippen molar-refractivity contribution in [1.82, 2.24) is 10.6 Å². The highest BCUT2D eigenvalue weighted by atomic mass is 16.4. The van der Waals surface area contributed by atoms with Gasteiger partial charge in [0.25, 0.3) is 0 Å². The lowest BCUT2D eigenvalue weighted by molar-refractivity contribution is -0.145. The Labute approximate surface area is 102 Å². The molecule has 17 heavy (non-hydrogen) atoms. The standard InChI is InChI=1S/C12H22N2O3/c1-7-5-6-13-8(7)10(15)14-9(11(16)17)12(2,3)4/h7-9,13H,5-6H2,1-4H3,(H,14,15)(H,16,17). The first kappa shape index (κ1) is 14.0. The number of nitrogens with one attached hydrogen (secondary N) is 2. The number of carbonyl (C=O) groups is 2. The Balaban J connectivity index is 2.68. The number of hydrogen-bond donors (Lipinski definition) is 3. The maximum Gasteiger partial charge on any atom is 0.326 e. The Kier molecular flexibility index (Phi) is 4.14.